The monoisotopic (exact) mass is 405 g/mol. The number of rotatable bonds is 4. The molecule has 8 nitrogen and oxygen atoms in total. The van der Waals surface area contributed by atoms with Crippen LogP contribution in [0.3, 0.4) is 0 Å². The maximum Gasteiger partial charge on any atom is 0.433 e. The summed E-state index contributed by atoms with van der Waals surface area (Å²) in [4.78, 5) is 22.9. The summed E-state index contributed by atoms with van der Waals surface area (Å²) in [7, 11) is 0. The van der Waals surface area contributed by atoms with Gasteiger partial charge in [-0.2, -0.15) is 23.1 Å². The molecule has 1 saturated heterocycles. The van der Waals surface area contributed by atoms with E-state index in [1.807, 2.05) is 11.8 Å². The molecule has 0 saturated carbocycles. The molecule has 0 amide bonds. The number of fused-ring (bicyclic) bond motifs is 1. The number of nitrogens with zero attached hydrogens (tertiary/aromatic N) is 6. The highest BCUT2D eigenvalue weighted by Gasteiger charge is 2.35. The average Bonchev–Trinajstić information content (AvgIpc) is 2.71. The highest BCUT2D eigenvalue weighted by Crippen LogP contribution is 2.31. The van der Waals surface area contributed by atoms with Gasteiger partial charge in [-0.05, 0) is 13.0 Å². The molecule has 3 aromatic heterocycles. The van der Waals surface area contributed by atoms with Gasteiger partial charge in [-0.15, -0.1) is 0 Å². The fourth-order valence-electron chi connectivity index (χ4n) is 3.14. The predicted molar refractivity (Wildman–Crippen MR) is 99.3 cm³/mol. The number of hydrogen-bond acceptors (Lipinski definition) is 8. The minimum atomic E-state index is -4.54. The third-order valence-corrected chi connectivity index (χ3v) is 4.55. The molecule has 1 aliphatic heterocycles. The number of hydrogen-bond donors (Lipinski definition) is 1. The molecular formula is C18H18F3N7O. The second-order valence-corrected chi connectivity index (χ2v) is 6.58. The molecule has 0 aliphatic carbocycles. The van der Waals surface area contributed by atoms with E-state index in [1.165, 1.54) is 24.5 Å². The van der Waals surface area contributed by atoms with Gasteiger partial charge in [0.25, 0.3) is 0 Å². The van der Waals surface area contributed by atoms with Gasteiger partial charge >= 0.3 is 6.18 Å². The molecule has 1 aliphatic rings. The lowest BCUT2D eigenvalue weighted by Gasteiger charge is -2.33. The van der Waals surface area contributed by atoms with Gasteiger partial charge in [0.2, 0.25) is 5.95 Å². The SMILES string of the molecule is CC1COCCN1c1nc(NCc2cccnc2C(F)(F)F)c2nccnc2n1. The summed E-state index contributed by atoms with van der Waals surface area (Å²) in [6, 6.07) is 2.90. The lowest BCUT2D eigenvalue weighted by atomic mass is 10.2. The lowest BCUT2D eigenvalue weighted by molar-refractivity contribution is -0.141. The molecule has 1 fully saturated rings. The third-order valence-electron chi connectivity index (χ3n) is 4.55. The molecule has 3 aromatic rings. The molecule has 152 valence electrons. The summed E-state index contributed by atoms with van der Waals surface area (Å²) >= 11 is 0. The molecule has 1 N–H and O–H groups in total. The van der Waals surface area contributed by atoms with Gasteiger partial charge in [0.15, 0.2) is 17.0 Å². The van der Waals surface area contributed by atoms with Crippen LogP contribution in [0, 0.1) is 0 Å². The van der Waals surface area contributed by atoms with Crippen molar-refractivity contribution in [2.45, 2.75) is 25.7 Å². The number of pyridine rings is 1. The van der Waals surface area contributed by atoms with Crippen molar-refractivity contribution in [2.75, 3.05) is 30.0 Å². The van der Waals surface area contributed by atoms with E-state index in [1.54, 1.807) is 0 Å². The number of anilines is 2. The molecular weight excluding hydrogens is 387 g/mol. The number of morpholine rings is 1. The van der Waals surface area contributed by atoms with Crippen molar-refractivity contribution in [1.82, 2.24) is 24.9 Å². The van der Waals surface area contributed by atoms with E-state index in [9.17, 15) is 13.2 Å². The first-order chi connectivity index (χ1) is 13.9. The topological polar surface area (TPSA) is 89.0 Å². The number of nitrogens with one attached hydrogen (secondary N) is 1. The van der Waals surface area contributed by atoms with Crippen molar-refractivity contribution in [2.24, 2.45) is 0 Å². The third kappa shape index (κ3) is 4.04. The molecule has 0 aromatic carbocycles. The van der Waals surface area contributed by atoms with Gasteiger partial charge in [0, 0.05) is 37.2 Å². The van der Waals surface area contributed by atoms with Crippen molar-refractivity contribution in [3.63, 3.8) is 0 Å². The molecule has 0 spiro atoms. The number of halogens is 3. The van der Waals surface area contributed by atoms with Crippen LogP contribution >= 0.6 is 0 Å². The van der Waals surface area contributed by atoms with Crippen LogP contribution in [0.4, 0.5) is 24.9 Å². The Labute approximate surface area is 164 Å². The maximum atomic E-state index is 13.2. The maximum absolute atomic E-state index is 13.2. The Bertz CT molecular complexity index is 1010. The Morgan fingerprint density at radius 2 is 2.00 bits per heavy atom. The Kier molecular flexibility index (Phi) is 5.14. The summed E-state index contributed by atoms with van der Waals surface area (Å²) in [5.74, 6) is 0.743. The minimum Gasteiger partial charge on any atom is -0.377 e. The van der Waals surface area contributed by atoms with Crippen molar-refractivity contribution >= 4 is 22.9 Å². The van der Waals surface area contributed by atoms with Gasteiger partial charge in [0.05, 0.1) is 19.3 Å². The van der Waals surface area contributed by atoms with Crippen molar-refractivity contribution < 1.29 is 17.9 Å². The Morgan fingerprint density at radius 3 is 2.79 bits per heavy atom. The number of ether oxygens (including phenoxy) is 1. The minimum absolute atomic E-state index is 0.0111. The van der Waals surface area contributed by atoms with E-state index in [0.29, 0.717) is 42.7 Å². The molecule has 1 unspecified atom stereocenters. The fourth-order valence-corrected chi connectivity index (χ4v) is 3.14. The van der Waals surface area contributed by atoms with Gasteiger partial charge in [-0.3, -0.25) is 4.98 Å². The molecule has 4 heterocycles. The van der Waals surface area contributed by atoms with E-state index in [-0.39, 0.29) is 18.2 Å². The van der Waals surface area contributed by atoms with E-state index in [2.05, 4.69) is 30.2 Å². The summed E-state index contributed by atoms with van der Waals surface area (Å²) in [6.07, 6.45) is -0.427. The highest BCUT2D eigenvalue weighted by atomic mass is 19.4. The first-order valence-electron chi connectivity index (χ1n) is 9.01. The van der Waals surface area contributed by atoms with Crippen LogP contribution in [0.15, 0.2) is 30.7 Å². The fraction of sp³-hybridized carbons (Fsp3) is 0.389. The van der Waals surface area contributed by atoms with Gasteiger partial charge in [0.1, 0.15) is 5.69 Å². The molecule has 0 bridgehead atoms. The Balaban J connectivity index is 1.69. The van der Waals surface area contributed by atoms with Crippen LogP contribution in [-0.2, 0) is 17.5 Å². The normalized spacial score (nSPS) is 17.5. The summed E-state index contributed by atoms with van der Waals surface area (Å²) in [5, 5.41) is 2.96. The van der Waals surface area contributed by atoms with Crippen LogP contribution < -0.4 is 10.2 Å². The lowest BCUT2D eigenvalue weighted by Crippen LogP contribution is -2.44. The molecule has 4 rings (SSSR count). The zero-order valence-corrected chi connectivity index (χ0v) is 15.5. The first-order valence-corrected chi connectivity index (χ1v) is 9.01. The first kappa shape index (κ1) is 19.2. The number of alkyl halides is 3. The Hall–Kier alpha value is -3.08. The average molecular weight is 405 g/mol. The van der Waals surface area contributed by atoms with E-state index in [4.69, 9.17) is 4.74 Å². The van der Waals surface area contributed by atoms with Crippen LogP contribution in [0.1, 0.15) is 18.2 Å². The largest absolute Gasteiger partial charge is 0.433 e. The summed E-state index contributed by atoms with van der Waals surface area (Å²) in [6.45, 7) is 3.55. The Morgan fingerprint density at radius 1 is 1.17 bits per heavy atom. The molecule has 0 radical (unpaired) electrons. The molecule has 1 atom stereocenters. The predicted octanol–water partition coefficient (Wildman–Crippen LogP) is 2.67. The molecule has 29 heavy (non-hydrogen) atoms. The summed E-state index contributed by atoms with van der Waals surface area (Å²) in [5.41, 5.74) is -0.175. The zero-order valence-electron chi connectivity index (χ0n) is 15.5. The van der Waals surface area contributed by atoms with E-state index >= 15 is 0 Å². The van der Waals surface area contributed by atoms with Gasteiger partial charge in [-0.25, -0.2) is 9.97 Å². The van der Waals surface area contributed by atoms with Crippen molar-refractivity contribution in [3.8, 4) is 0 Å². The van der Waals surface area contributed by atoms with Gasteiger partial charge in [-0.1, -0.05) is 6.07 Å². The van der Waals surface area contributed by atoms with Crippen molar-refractivity contribution in [1.29, 1.82) is 0 Å². The van der Waals surface area contributed by atoms with Gasteiger partial charge < -0.3 is 15.0 Å². The summed E-state index contributed by atoms with van der Waals surface area (Å²) < 4.78 is 45.1. The standard InChI is InChI=1S/C18H18F3N7O/c1-11-10-29-8-7-28(11)17-26-15-13(22-5-6-24-15)16(27-17)25-9-12-3-2-4-23-14(12)18(19,20)21/h2-6,11H,7-10H2,1H3,(H,24,25,26,27). The molecule has 11 heteroatoms. The quantitative estimate of drug-likeness (QED) is 0.709. The van der Waals surface area contributed by atoms with Crippen LogP contribution in [-0.4, -0.2) is 50.7 Å². The second kappa shape index (κ2) is 7.74. The van der Waals surface area contributed by atoms with Crippen LogP contribution in [0.5, 0.6) is 0 Å². The second-order valence-electron chi connectivity index (χ2n) is 6.58. The highest BCUT2D eigenvalue weighted by molar-refractivity contribution is 5.83. The zero-order chi connectivity index (χ0) is 20.4. The van der Waals surface area contributed by atoms with Crippen LogP contribution in [0.25, 0.3) is 11.2 Å². The van der Waals surface area contributed by atoms with E-state index in [0.717, 1.165) is 6.20 Å². The smallest absolute Gasteiger partial charge is 0.377 e. The van der Waals surface area contributed by atoms with Crippen LogP contribution in [0.2, 0.25) is 0 Å². The van der Waals surface area contributed by atoms with E-state index < -0.39 is 11.9 Å². The van der Waals surface area contributed by atoms with Crippen molar-refractivity contribution in [3.05, 3.63) is 42.0 Å². The number of aromatic nitrogens is 5.